The van der Waals surface area contributed by atoms with Crippen LogP contribution in [-0.4, -0.2) is 64.5 Å². The maximum atomic E-state index is 13.5. The number of benzene rings is 1. The zero-order chi connectivity index (χ0) is 25.2. The van der Waals surface area contributed by atoms with E-state index in [4.69, 9.17) is 9.31 Å². The second-order valence-corrected chi connectivity index (χ2v) is 10.3. The van der Waals surface area contributed by atoms with Gasteiger partial charge in [0.25, 0.3) is 11.9 Å². The molecule has 1 aliphatic heterocycles. The van der Waals surface area contributed by atoms with E-state index in [1.807, 2.05) is 51.1 Å². The summed E-state index contributed by atoms with van der Waals surface area (Å²) in [6, 6.07) is 8.52. The first kappa shape index (κ1) is 26.7. The molecule has 0 bridgehead atoms. The normalized spacial score (nSPS) is 18.1. The van der Waals surface area contributed by atoms with Crippen molar-refractivity contribution in [3.63, 3.8) is 0 Å². The Hall–Kier alpha value is -2.92. The molecule has 9 nitrogen and oxygen atoms in total. The molecular weight excluding hydrogens is 467 g/mol. The second kappa shape index (κ2) is 13.2. The van der Waals surface area contributed by atoms with Gasteiger partial charge < -0.3 is 19.9 Å². The molecule has 186 valence electrons. The average Bonchev–Trinajstić information content (AvgIpc) is 2.84. The Bertz CT molecular complexity index is 982. The summed E-state index contributed by atoms with van der Waals surface area (Å²) in [4.78, 5) is 46.5. The third-order valence-electron chi connectivity index (χ3n) is 5.31. The van der Waals surface area contributed by atoms with E-state index in [1.54, 1.807) is 0 Å². The first-order chi connectivity index (χ1) is 16.8. The van der Waals surface area contributed by atoms with E-state index < -0.39 is 30.9 Å². The van der Waals surface area contributed by atoms with Crippen molar-refractivity contribution < 1.29 is 23.7 Å². The second-order valence-electron chi connectivity index (χ2n) is 8.86. The summed E-state index contributed by atoms with van der Waals surface area (Å²) in [6.45, 7) is 6.40. The maximum absolute atomic E-state index is 13.5. The number of nitrogens with zero attached hydrogens (tertiary/aromatic N) is 2. The van der Waals surface area contributed by atoms with Crippen LogP contribution in [0.5, 0.6) is 0 Å². The molecule has 1 fully saturated rings. The van der Waals surface area contributed by atoms with Gasteiger partial charge in [-0.05, 0) is 17.9 Å². The van der Waals surface area contributed by atoms with Gasteiger partial charge in [-0.15, -0.1) is 11.8 Å². The lowest BCUT2D eigenvalue weighted by Gasteiger charge is -2.29. The quantitative estimate of drug-likeness (QED) is 0.505. The van der Waals surface area contributed by atoms with Crippen molar-refractivity contribution in [2.24, 2.45) is 5.92 Å². The highest BCUT2D eigenvalue weighted by Crippen LogP contribution is 2.18. The monoisotopic (exact) mass is 498 g/mol. The highest BCUT2D eigenvalue weighted by Gasteiger charge is 2.38. The van der Waals surface area contributed by atoms with Gasteiger partial charge in [-0.3, -0.25) is 19.4 Å². The average molecular weight is 498 g/mol. The maximum Gasteiger partial charge on any atom is 0.551 e. The number of hydrogen-bond acceptors (Lipinski definition) is 8. The minimum atomic E-state index is -0.912. The lowest BCUT2D eigenvalue weighted by Crippen LogP contribution is -2.57. The third-order valence-corrected chi connectivity index (χ3v) is 6.42. The van der Waals surface area contributed by atoms with Crippen LogP contribution in [0.25, 0.3) is 0 Å². The number of thioether (sulfide) groups is 1. The molecule has 0 spiro atoms. The Labute approximate surface area is 210 Å². The van der Waals surface area contributed by atoms with Crippen LogP contribution in [0.4, 0.5) is 0 Å². The summed E-state index contributed by atoms with van der Waals surface area (Å²) >= 11 is 1.47. The number of nitrogens with one attached hydrogen (secondary N) is 2. The topological polar surface area (TPSA) is 120 Å². The van der Waals surface area contributed by atoms with Crippen molar-refractivity contribution in [2.75, 3.05) is 12.4 Å². The van der Waals surface area contributed by atoms with E-state index >= 15 is 0 Å². The standard InChI is InChI=1S/C24H31BN4O5S/c1-16(2)11-21(25-33-14-17(3)35-15-22(30)34-25)29-23(31)19(12-18-7-5-4-6-8-18)28-24(32)20-13-26-9-10-27-20/h4-10,13,16-17,19,21H,11-12,14-15H2,1-3H3,(H,28,32)(H,29,31)/t17?,19?,21-/m0/s1. The van der Waals surface area contributed by atoms with Crippen molar-refractivity contribution in [1.29, 1.82) is 0 Å². The molecule has 2 aromatic rings. The summed E-state index contributed by atoms with van der Waals surface area (Å²) in [5, 5.41) is 5.88. The van der Waals surface area contributed by atoms with Crippen molar-refractivity contribution in [2.45, 2.75) is 50.8 Å². The molecule has 11 heteroatoms. The summed E-state index contributed by atoms with van der Waals surface area (Å²) in [5.41, 5.74) is 0.993. The zero-order valence-corrected chi connectivity index (χ0v) is 21.0. The molecule has 1 aromatic carbocycles. The van der Waals surface area contributed by atoms with Gasteiger partial charge in [0.15, 0.2) is 0 Å². The number of amides is 2. The van der Waals surface area contributed by atoms with E-state index in [-0.39, 0.29) is 35.0 Å². The summed E-state index contributed by atoms with van der Waals surface area (Å²) in [7, 11) is -0.912. The lowest BCUT2D eigenvalue weighted by atomic mass is 9.73. The number of carbonyl (C=O) groups is 3. The van der Waals surface area contributed by atoms with E-state index in [2.05, 4.69) is 20.6 Å². The van der Waals surface area contributed by atoms with Gasteiger partial charge >= 0.3 is 7.12 Å². The molecule has 2 amide bonds. The van der Waals surface area contributed by atoms with E-state index in [0.29, 0.717) is 13.0 Å². The summed E-state index contributed by atoms with van der Waals surface area (Å²) < 4.78 is 11.4. The van der Waals surface area contributed by atoms with Crippen LogP contribution in [-0.2, 0) is 25.3 Å². The molecule has 1 aliphatic rings. The minimum Gasteiger partial charge on any atom is -0.508 e. The smallest absolute Gasteiger partial charge is 0.508 e. The fourth-order valence-electron chi connectivity index (χ4n) is 3.62. The number of aromatic nitrogens is 2. The van der Waals surface area contributed by atoms with Gasteiger partial charge in [0, 0.05) is 30.7 Å². The molecule has 2 heterocycles. The zero-order valence-electron chi connectivity index (χ0n) is 20.2. The molecule has 0 saturated carbocycles. The molecule has 2 unspecified atom stereocenters. The highest BCUT2D eigenvalue weighted by atomic mass is 32.2. The summed E-state index contributed by atoms with van der Waals surface area (Å²) in [5.74, 6) is -1.44. The fourth-order valence-corrected chi connectivity index (χ4v) is 4.28. The molecule has 1 aromatic heterocycles. The Morgan fingerprint density at radius 1 is 1.20 bits per heavy atom. The lowest BCUT2D eigenvalue weighted by molar-refractivity contribution is -0.134. The summed E-state index contributed by atoms with van der Waals surface area (Å²) in [6.07, 6.45) is 5.03. The van der Waals surface area contributed by atoms with Crippen LogP contribution in [0.3, 0.4) is 0 Å². The van der Waals surface area contributed by atoms with Crippen molar-refractivity contribution >= 4 is 36.7 Å². The van der Waals surface area contributed by atoms with Gasteiger partial charge in [-0.25, -0.2) is 4.98 Å². The van der Waals surface area contributed by atoms with Crippen molar-refractivity contribution in [3.05, 3.63) is 60.2 Å². The van der Waals surface area contributed by atoms with E-state index in [1.165, 1.54) is 30.4 Å². The number of hydrogen-bond donors (Lipinski definition) is 2. The van der Waals surface area contributed by atoms with Crippen LogP contribution in [0, 0.1) is 5.92 Å². The molecule has 35 heavy (non-hydrogen) atoms. The minimum absolute atomic E-state index is 0.112. The highest BCUT2D eigenvalue weighted by molar-refractivity contribution is 8.00. The number of rotatable bonds is 9. The van der Waals surface area contributed by atoms with Crippen LogP contribution >= 0.6 is 11.8 Å². The molecule has 1 saturated heterocycles. The number of carbonyl (C=O) groups excluding carboxylic acids is 3. The molecule has 2 N–H and O–H groups in total. The first-order valence-electron chi connectivity index (χ1n) is 11.7. The predicted octanol–water partition coefficient (Wildman–Crippen LogP) is 2.07. The Morgan fingerprint density at radius 3 is 2.66 bits per heavy atom. The van der Waals surface area contributed by atoms with Gasteiger partial charge in [0.05, 0.1) is 17.9 Å². The van der Waals surface area contributed by atoms with Crippen LogP contribution in [0.2, 0.25) is 0 Å². The van der Waals surface area contributed by atoms with Crippen molar-refractivity contribution in [3.8, 4) is 0 Å². The Balaban J connectivity index is 1.79. The molecule has 0 aliphatic carbocycles. The largest absolute Gasteiger partial charge is 0.551 e. The SMILES string of the molecule is CC(C)C[C@H](NC(=O)C(Cc1ccccc1)NC(=O)c1cnccn1)B1OCC(C)SCC(=O)O1. The van der Waals surface area contributed by atoms with Crippen LogP contribution in [0.15, 0.2) is 48.9 Å². The van der Waals surface area contributed by atoms with Gasteiger partial charge in [-0.1, -0.05) is 51.1 Å². The van der Waals surface area contributed by atoms with Gasteiger partial charge in [-0.2, -0.15) is 0 Å². The molecular formula is C24H31BN4O5S. The Kier molecular flexibility index (Phi) is 10.1. The Morgan fingerprint density at radius 2 is 1.97 bits per heavy atom. The van der Waals surface area contributed by atoms with E-state index in [0.717, 1.165) is 5.56 Å². The van der Waals surface area contributed by atoms with Crippen molar-refractivity contribution in [1.82, 2.24) is 20.6 Å². The first-order valence-corrected chi connectivity index (χ1v) is 12.7. The van der Waals surface area contributed by atoms with E-state index in [9.17, 15) is 14.4 Å². The molecule has 0 radical (unpaired) electrons. The molecule has 3 rings (SSSR count). The fraction of sp³-hybridized carbons (Fsp3) is 0.458. The van der Waals surface area contributed by atoms with Gasteiger partial charge in [0.1, 0.15) is 11.7 Å². The molecule has 3 atom stereocenters. The predicted molar refractivity (Wildman–Crippen MR) is 135 cm³/mol. The third kappa shape index (κ3) is 8.67. The van der Waals surface area contributed by atoms with Crippen LogP contribution in [0.1, 0.15) is 43.2 Å². The van der Waals surface area contributed by atoms with Crippen LogP contribution < -0.4 is 10.6 Å². The van der Waals surface area contributed by atoms with Gasteiger partial charge in [0.2, 0.25) is 5.91 Å².